The maximum absolute atomic E-state index is 12.0. The molecule has 3 nitrogen and oxygen atoms in total. The number of pyridine rings is 1. The van der Waals surface area contributed by atoms with Gasteiger partial charge in [0.15, 0.2) is 0 Å². The second-order valence-electron chi connectivity index (χ2n) is 2.66. The molecule has 0 amide bonds. The van der Waals surface area contributed by atoms with Crippen LogP contribution in [0.3, 0.4) is 0 Å². The van der Waals surface area contributed by atoms with Crippen molar-refractivity contribution < 1.29 is 13.2 Å². The number of rotatable bonds is 1. The summed E-state index contributed by atoms with van der Waals surface area (Å²) in [7, 11) is 0. The van der Waals surface area contributed by atoms with E-state index in [4.69, 9.17) is 5.26 Å². The Labute approximate surface area is 105 Å². The lowest BCUT2D eigenvalue weighted by Gasteiger charge is -2.04. The van der Waals surface area contributed by atoms with Crippen LogP contribution in [0.1, 0.15) is 32.0 Å². The molecule has 0 aromatic carbocycles. The van der Waals surface area contributed by atoms with Crippen LogP contribution in [-0.4, -0.2) is 11.7 Å². The highest BCUT2D eigenvalue weighted by Crippen LogP contribution is 2.27. The van der Waals surface area contributed by atoms with Crippen LogP contribution in [-0.2, 0) is 12.6 Å². The second kappa shape index (κ2) is 10.3. The summed E-state index contributed by atoms with van der Waals surface area (Å²) in [4.78, 5) is 6.09. The molecule has 18 heavy (non-hydrogen) atoms. The Hall–Kier alpha value is -1.90. The fourth-order valence-corrected chi connectivity index (χ4v) is 0.801. The Morgan fingerprint density at radius 3 is 2.11 bits per heavy atom. The molecular formula is C12H16F3N3. The van der Waals surface area contributed by atoms with E-state index in [0.29, 0.717) is 6.42 Å². The molecule has 0 N–H and O–H groups in total. The van der Waals surface area contributed by atoms with Crippen LogP contribution in [0.2, 0.25) is 0 Å². The van der Waals surface area contributed by atoms with Crippen molar-refractivity contribution in [3.05, 3.63) is 29.6 Å². The van der Waals surface area contributed by atoms with Crippen LogP contribution in [0.15, 0.2) is 23.3 Å². The first-order valence-electron chi connectivity index (χ1n) is 5.32. The van der Waals surface area contributed by atoms with E-state index >= 15 is 0 Å². The highest BCUT2D eigenvalue weighted by atomic mass is 19.4. The zero-order valence-electron chi connectivity index (χ0n) is 10.6. The van der Waals surface area contributed by atoms with Crippen molar-refractivity contribution in [2.75, 3.05) is 0 Å². The number of hydrogen-bond donors (Lipinski definition) is 0. The van der Waals surface area contributed by atoms with Gasteiger partial charge in [0.25, 0.3) is 0 Å². The molecule has 0 radical (unpaired) electrons. The zero-order valence-corrected chi connectivity index (χ0v) is 10.6. The number of aromatic nitrogens is 1. The lowest BCUT2D eigenvalue weighted by molar-refractivity contribution is -0.141. The number of alkyl halides is 3. The quantitative estimate of drug-likeness (QED) is 0.568. The average molecular weight is 259 g/mol. The van der Waals surface area contributed by atoms with Crippen molar-refractivity contribution in [1.82, 2.24) is 4.98 Å². The highest BCUT2D eigenvalue weighted by Gasteiger charge is 2.31. The van der Waals surface area contributed by atoms with E-state index in [1.807, 2.05) is 20.8 Å². The molecule has 1 aromatic rings. The van der Waals surface area contributed by atoms with Gasteiger partial charge in [-0.05, 0) is 18.1 Å². The lowest BCUT2D eigenvalue weighted by atomic mass is 10.2. The van der Waals surface area contributed by atoms with Gasteiger partial charge in [-0.2, -0.15) is 23.4 Å². The van der Waals surface area contributed by atoms with Crippen molar-refractivity contribution >= 4 is 6.72 Å². The van der Waals surface area contributed by atoms with Gasteiger partial charge in [0.2, 0.25) is 6.19 Å². The number of nitriles is 1. The molecule has 0 aliphatic rings. The van der Waals surface area contributed by atoms with E-state index in [0.717, 1.165) is 11.6 Å². The molecule has 1 rings (SSSR count). The summed E-state index contributed by atoms with van der Waals surface area (Å²) in [5.74, 6) is 0. The number of nitrogens with zero attached hydrogens (tertiary/aromatic N) is 3. The predicted molar refractivity (Wildman–Crippen MR) is 65.1 cm³/mol. The summed E-state index contributed by atoms with van der Waals surface area (Å²) in [6.45, 7) is 8.73. The second-order valence-corrected chi connectivity index (χ2v) is 2.66. The van der Waals surface area contributed by atoms with E-state index in [1.165, 1.54) is 18.5 Å². The maximum atomic E-state index is 12.0. The summed E-state index contributed by atoms with van der Waals surface area (Å²) < 4.78 is 35.9. The normalized spacial score (nSPS) is 8.94. The van der Waals surface area contributed by atoms with Gasteiger partial charge < -0.3 is 0 Å². The fourth-order valence-electron chi connectivity index (χ4n) is 0.801. The molecule has 0 saturated carbocycles. The number of aliphatic imine (C=N–C) groups is 1. The molecule has 100 valence electrons. The topological polar surface area (TPSA) is 49.0 Å². The molecule has 0 spiro atoms. The van der Waals surface area contributed by atoms with Crippen molar-refractivity contribution in [3.63, 3.8) is 0 Å². The molecule has 0 aliphatic carbocycles. The van der Waals surface area contributed by atoms with Gasteiger partial charge in [-0.15, -0.1) is 0 Å². The third-order valence-electron chi connectivity index (χ3n) is 1.59. The van der Waals surface area contributed by atoms with E-state index in [1.54, 1.807) is 0 Å². The largest absolute Gasteiger partial charge is 0.433 e. The van der Waals surface area contributed by atoms with E-state index < -0.39 is 11.9 Å². The van der Waals surface area contributed by atoms with Crippen LogP contribution >= 0.6 is 0 Å². The van der Waals surface area contributed by atoms with Crippen LogP contribution in [0, 0.1) is 11.5 Å². The third kappa shape index (κ3) is 8.28. The lowest BCUT2D eigenvalue weighted by Crippen LogP contribution is -2.07. The molecular weight excluding hydrogens is 243 g/mol. The SMILES string of the molecule is C=NC#N.CC.CCc1ccc(C(F)(F)F)nc1. The predicted octanol–water partition coefficient (Wildman–Crippen LogP) is 3.86. The van der Waals surface area contributed by atoms with E-state index in [2.05, 4.69) is 16.7 Å². The summed E-state index contributed by atoms with van der Waals surface area (Å²) in [6.07, 6.45) is -0.930. The van der Waals surface area contributed by atoms with Crippen molar-refractivity contribution in [2.45, 2.75) is 33.4 Å². The first-order chi connectivity index (χ1) is 8.45. The van der Waals surface area contributed by atoms with Gasteiger partial charge in [-0.25, -0.2) is 0 Å². The van der Waals surface area contributed by atoms with Crippen molar-refractivity contribution in [2.24, 2.45) is 4.99 Å². The molecule has 1 heterocycles. The number of halogens is 3. The Bertz CT molecular complexity index is 364. The Morgan fingerprint density at radius 2 is 1.89 bits per heavy atom. The molecule has 0 saturated heterocycles. The molecule has 0 bridgehead atoms. The van der Waals surface area contributed by atoms with E-state index in [9.17, 15) is 13.2 Å². The monoisotopic (exact) mass is 259 g/mol. The van der Waals surface area contributed by atoms with Crippen LogP contribution in [0.4, 0.5) is 13.2 Å². The van der Waals surface area contributed by atoms with Crippen LogP contribution < -0.4 is 0 Å². The Kier molecular flexibility index (Phi) is 10.5. The minimum Gasteiger partial charge on any atom is -0.252 e. The highest BCUT2D eigenvalue weighted by molar-refractivity contribution is 5.25. The molecule has 0 fully saturated rings. The molecule has 0 aliphatic heterocycles. The van der Waals surface area contributed by atoms with Crippen LogP contribution in [0.25, 0.3) is 0 Å². The molecule has 1 aromatic heterocycles. The molecule has 0 unspecified atom stereocenters. The smallest absolute Gasteiger partial charge is 0.252 e. The van der Waals surface area contributed by atoms with Gasteiger partial charge in [-0.3, -0.25) is 4.98 Å². The minimum atomic E-state index is -4.33. The number of aryl methyl sites for hydroxylation is 1. The molecule has 6 heteroatoms. The number of hydrogen-bond acceptors (Lipinski definition) is 3. The van der Waals surface area contributed by atoms with Gasteiger partial charge >= 0.3 is 6.18 Å². The summed E-state index contributed by atoms with van der Waals surface area (Å²) >= 11 is 0. The van der Waals surface area contributed by atoms with Crippen LogP contribution in [0.5, 0.6) is 0 Å². The third-order valence-corrected chi connectivity index (χ3v) is 1.59. The Morgan fingerprint density at radius 1 is 1.39 bits per heavy atom. The summed E-state index contributed by atoms with van der Waals surface area (Å²) in [5, 5.41) is 7.40. The van der Waals surface area contributed by atoms with Gasteiger partial charge in [0, 0.05) is 12.9 Å². The van der Waals surface area contributed by atoms with Gasteiger partial charge in [0.05, 0.1) is 0 Å². The minimum absolute atomic E-state index is 0.700. The first-order valence-corrected chi connectivity index (χ1v) is 5.32. The van der Waals surface area contributed by atoms with E-state index in [-0.39, 0.29) is 0 Å². The standard InChI is InChI=1S/C8H8F3N.C2H2N2.C2H6/c1-2-6-3-4-7(12-5-6)8(9,10)11;1-4-2-3;1-2/h3-5H,2H2,1H3;1H2;1-2H3. The maximum Gasteiger partial charge on any atom is 0.433 e. The zero-order chi connectivity index (χ0) is 14.6. The molecule has 0 atom stereocenters. The fraction of sp³-hybridized carbons (Fsp3) is 0.417. The first kappa shape index (κ1) is 18.5. The summed E-state index contributed by atoms with van der Waals surface area (Å²) in [6, 6.07) is 2.44. The Balaban J connectivity index is 0. The van der Waals surface area contributed by atoms with Gasteiger partial charge in [-0.1, -0.05) is 26.8 Å². The van der Waals surface area contributed by atoms with Crippen molar-refractivity contribution in [1.29, 1.82) is 5.26 Å². The van der Waals surface area contributed by atoms with Gasteiger partial charge in [0.1, 0.15) is 5.69 Å². The van der Waals surface area contributed by atoms with Crippen molar-refractivity contribution in [3.8, 4) is 6.19 Å². The summed E-state index contributed by atoms with van der Waals surface area (Å²) in [5.41, 5.74) is -0.0253. The average Bonchev–Trinajstić information content (AvgIpc) is 2.40.